The Kier molecular flexibility index (Phi) is 3.04. The number of aliphatic imine (C=N–C) groups is 1. The second kappa shape index (κ2) is 3.37. The van der Waals surface area contributed by atoms with Crippen LogP contribution in [-0.4, -0.2) is 18.3 Å². The zero-order valence-electron chi connectivity index (χ0n) is 7.22. The Bertz CT molecular complexity index is 175. The van der Waals surface area contributed by atoms with Gasteiger partial charge in [0.05, 0.1) is 0 Å². The first-order valence-corrected chi connectivity index (χ1v) is 3.42. The van der Waals surface area contributed by atoms with Gasteiger partial charge in [-0.3, -0.25) is 4.79 Å². The molecule has 0 fully saturated rings. The molecule has 64 valence electrons. The van der Waals surface area contributed by atoms with Crippen molar-refractivity contribution in [2.75, 3.05) is 6.54 Å². The highest BCUT2D eigenvalue weighted by Crippen LogP contribution is 2.13. The number of nitrogens with two attached hydrogens (primary N) is 2. The highest BCUT2D eigenvalue weighted by atomic mass is 16.1. The van der Waals surface area contributed by atoms with E-state index in [1.165, 1.54) is 0 Å². The Morgan fingerprint density at radius 3 is 2.09 bits per heavy atom. The number of hydrogen-bond acceptors (Lipinski definition) is 2. The Morgan fingerprint density at radius 1 is 1.36 bits per heavy atom. The van der Waals surface area contributed by atoms with Crippen LogP contribution < -0.4 is 11.5 Å². The zero-order valence-corrected chi connectivity index (χ0v) is 7.22. The number of nitrogens with zero attached hydrogens (tertiary/aromatic N) is 1. The fraction of sp³-hybridized carbons (Fsp3) is 0.714. The highest BCUT2D eigenvalue weighted by Gasteiger charge is 2.19. The van der Waals surface area contributed by atoms with Gasteiger partial charge in [0.25, 0.3) is 0 Å². The number of Topliss-reactive ketones (excluding diaryl/α,β-unsaturated/α-hetero) is 1. The number of carbonyl (C=O) groups is 1. The second-order valence-electron chi connectivity index (χ2n) is 3.41. The monoisotopic (exact) mass is 157 g/mol. The molecule has 4 heteroatoms. The Balaban J connectivity index is 4.01. The van der Waals surface area contributed by atoms with Gasteiger partial charge < -0.3 is 11.5 Å². The van der Waals surface area contributed by atoms with Crippen molar-refractivity contribution in [3.8, 4) is 0 Å². The van der Waals surface area contributed by atoms with Crippen molar-refractivity contribution in [2.24, 2.45) is 21.9 Å². The topological polar surface area (TPSA) is 81.5 Å². The number of ketones is 1. The van der Waals surface area contributed by atoms with Crippen LogP contribution in [0.2, 0.25) is 0 Å². The van der Waals surface area contributed by atoms with Crippen LogP contribution in [0.4, 0.5) is 0 Å². The molecule has 0 aliphatic heterocycles. The van der Waals surface area contributed by atoms with E-state index in [0.29, 0.717) is 0 Å². The Labute approximate surface area is 66.7 Å². The van der Waals surface area contributed by atoms with Crippen molar-refractivity contribution in [3.05, 3.63) is 0 Å². The van der Waals surface area contributed by atoms with Crippen LogP contribution in [0.1, 0.15) is 20.8 Å². The smallest absolute Gasteiger partial charge is 0.186 e. The van der Waals surface area contributed by atoms with E-state index < -0.39 is 0 Å². The molecule has 0 aromatic carbocycles. The lowest BCUT2D eigenvalue weighted by atomic mass is 9.91. The molecule has 0 saturated carbocycles. The third-order valence-electron chi connectivity index (χ3n) is 1.24. The zero-order chi connectivity index (χ0) is 9.07. The standard InChI is InChI=1S/C7H15N3O/c1-7(2,3)5(11)4-10-6(8)9/h4H2,1-3H3,(H4,8,9,10). The summed E-state index contributed by atoms with van der Waals surface area (Å²) in [5.41, 5.74) is 9.76. The summed E-state index contributed by atoms with van der Waals surface area (Å²) in [7, 11) is 0. The van der Waals surface area contributed by atoms with Crippen molar-refractivity contribution >= 4 is 11.7 Å². The van der Waals surface area contributed by atoms with Gasteiger partial charge in [0, 0.05) is 5.41 Å². The molecule has 0 saturated heterocycles. The summed E-state index contributed by atoms with van der Waals surface area (Å²) in [6.45, 7) is 5.57. The predicted octanol–water partition coefficient (Wildman–Crippen LogP) is -0.125. The molecule has 0 amide bonds. The normalized spacial score (nSPS) is 10.8. The number of carbonyl (C=O) groups excluding carboxylic acids is 1. The van der Waals surface area contributed by atoms with Crippen molar-refractivity contribution in [1.82, 2.24) is 0 Å². The van der Waals surface area contributed by atoms with Crippen LogP contribution in [0.25, 0.3) is 0 Å². The summed E-state index contributed by atoms with van der Waals surface area (Å²) < 4.78 is 0. The van der Waals surface area contributed by atoms with Crippen LogP contribution in [0.5, 0.6) is 0 Å². The van der Waals surface area contributed by atoms with E-state index in [2.05, 4.69) is 4.99 Å². The molecule has 0 aromatic rings. The molecule has 0 aliphatic rings. The van der Waals surface area contributed by atoms with E-state index in [4.69, 9.17) is 11.5 Å². The van der Waals surface area contributed by atoms with Crippen LogP contribution in [-0.2, 0) is 4.79 Å². The number of rotatable bonds is 2. The molecule has 0 unspecified atom stereocenters. The van der Waals surface area contributed by atoms with Gasteiger partial charge in [0.15, 0.2) is 11.7 Å². The van der Waals surface area contributed by atoms with Gasteiger partial charge in [-0.15, -0.1) is 0 Å². The minimum Gasteiger partial charge on any atom is -0.370 e. The van der Waals surface area contributed by atoms with Crippen molar-refractivity contribution in [3.63, 3.8) is 0 Å². The maximum Gasteiger partial charge on any atom is 0.186 e. The molecule has 0 bridgehead atoms. The molecule has 4 nitrogen and oxygen atoms in total. The highest BCUT2D eigenvalue weighted by molar-refractivity contribution is 5.88. The summed E-state index contributed by atoms with van der Waals surface area (Å²) in [4.78, 5) is 14.8. The van der Waals surface area contributed by atoms with Gasteiger partial charge in [0.2, 0.25) is 0 Å². The molecule has 0 heterocycles. The fourth-order valence-corrected chi connectivity index (χ4v) is 0.400. The van der Waals surface area contributed by atoms with E-state index in [1.54, 1.807) is 0 Å². The summed E-state index contributed by atoms with van der Waals surface area (Å²) in [6, 6.07) is 0. The van der Waals surface area contributed by atoms with Crippen molar-refractivity contribution in [1.29, 1.82) is 0 Å². The molecule has 4 N–H and O–H groups in total. The van der Waals surface area contributed by atoms with E-state index in [-0.39, 0.29) is 23.7 Å². The first kappa shape index (κ1) is 9.94. The van der Waals surface area contributed by atoms with Gasteiger partial charge >= 0.3 is 0 Å². The first-order chi connectivity index (χ1) is 4.84. The Hall–Kier alpha value is -1.06. The quantitative estimate of drug-likeness (QED) is 0.433. The van der Waals surface area contributed by atoms with Gasteiger partial charge in [-0.25, -0.2) is 4.99 Å². The molecule has 11 heavy (non-hydrogen) atoms. The molecule has 0 radical (unpaired) electrons. The first-order valence-electron chi connectivity index (χ1n) is 3.42. The van der Waals surface area contributed by atoms with Gasteiger partial charge in [0.1, 0.15) is 6.54 Å². The summed E-state index contributed by atoms with van der Waals surface area (Å²) in [5, 5.41) is 0. The predicted molar refractivity (Wildman–Crippen MR) is 45.1 cm³/mol. The average Bonchev–Trinajstić information content (AvgIpc) is 1.80. The maximum atomic E-state index is 11.2. The minimum atomic E-state index is -0.362. The molecule has 0 rings (SSSR count). The lowest BCUT2D eigenvalue weighted by Crippen LogP contribution is -2.27. The number of hydrogen-bond donors (Lipinski definition) is 2. The van der Waals surface area contributed by atoms with E-state index in [0.717, 1.165) is 0 Å². The minimum absolute atomic E-state index is 0.0332. The third-order valence-corrected chi connectivity index (χ3v) is 1.24. The summed E-state index contributed by atoms with van der Waals surface area (Å²) in [6.07, 6.45) is 0. The average molecular weight is 157 g/mol. The third kappa shape index (κ3) is 4.36. The van der Waals surface area contributed by atoms with Crippen LogP contribution in [0.15, 0.2) is 4.99 Å². The molecule has 0 aliphatic carbocycles. The summed E-state index contributed by atoms with van der Waals surface area (Å²) >= 11 is 0. The molecular weight excluding hydrogens is 142 g/mol. The largest absolute Gasteiger partial charge is 0.370 e. The second-order valence-corrected chi connectivity index (χ2v) is 3.41. The van der Waals surface area contributed by atoms with Crippen molar-refractivity contribution in [2.45, 2.75) is 20.8 Å². The van der Waals surface area contributed by atoms with E-state index >= 15 is 0 Å². The van der Waals surface area contributed by atoms with Crippen LogP contribution in [0.3, 0.4) is 0 Å². The van der Waals surface area contributed by atoms with E-state index in [1.807, 2.05) is 20.8 Å². The number of guanidine groups is 1. The summed E-state index contributed by atoms with van der Waals surface area (Å²) in [5.74, 6) is -0.00602. The van der Waals surface area contributed by atoms with Gasteiger partial charge in [-0.2, -0.15) is 0 Å². The Morgan fingerprint density at radius 2 is 1.82 bits per heavy atom. The molecule has 0 aromatic heterocycles. The molecular formula is C7H15N3O. The molecule has 0 atom stereocenters. The lowest BCUT2D eigenvalue weighted by molar-refractivity contribution is -0.124. The van der Waals surface area contributed by atoms with Crippen molar-refractivity contribution < 1.29 is 4.79 Å². The van der Waals surface area contributed by atoms with E-state index in [9.17, 15) is 4.79 Å². The van der Waals surface area contributed by atoms with Crippen LogP contribution >= 0.6 is 0 Å². The SMILES string of the molecule is CC(C)(C)C(=O)CN=C(N)N. The van der Waals surface area contributed by atoms with Gasteiger partial charge in [-0.05, 0) is 0 Å². The lowest BCUT2D eigenvalue weighted by Gasteiger charge is -2.14. The molecule has 0 spiro atoms. The maximum absolute atomic E-state index is 11.2. The fourth-order valence-electron chi connectivity index (χ4n) is 0.400. The van der Waals surface area contributed by atoms with Gasteiger partial charge in [-0.1, -0.05) is 20.8 Å². The van der Waals surface area contributed by atoms with Crippen LogP contribution in [0, 0.1) is 5.41 Å².